The van der Waals surface area contributed by atoms with Crippen molar-refractivity contribution >= 4 is 28.7 Å². The molecule has 4 aromatic rings. The zero-order valence-electron chi connectivity index (χ0n) is 18.4. The largest absolute Gasteiger partial charge is 0.497 e. The van der Waals surface area contributed by atoms with Gasteiger partial charge in [-0.15, -0.1) is 0 Å². The number of rotatable bonds is 5. The molecular formula is C25H23ClN4O3. The second-order valence-electron chi connectivity index (χ2n) is 8.07. The molecule has 8 heteroatoms. The van der Waals surface area contributed by atoms with Gasteiger partial charge >= 0.3 is 5.69 Å². The summed E-state index contributed by atoms with van der Waals surface area (Å²) < 4.78 is 8.40. The van der Waals surface area contributed by atoms with Crippen LogP contribution < -0.4 is 10.4 Å². The van der Waals surface area contributed by atoms with Crippen LogP contribution in [0.1, 0.15) is 18.1 Å². The minimum Gasteiger partial charge on any atom is -0.497 e. The number of fused-ring (bicyclic) bond motifs is 2. The van der Waals surface area contributed by atoms with Gasteiger partial charge in [-0.1, -0.05) is 29.8 Å². The molecule has 0 saturated carbocycles. The van der Waals surface area contributed by atoms with E-state index >= 15 is 0 Å². The zero-order chi connectivity index (χ0) is 23.1. The lowest BCUT2D eigenvalue weighted by Crippen LogP contribution is -2.34. The first kappa shape index (κ1) is 21.3. The number of benzene rings is 2. The molecule has 1 amide bonds. The van der Waals surface area contributed by atoms with Gasteiger partial charge in [0.15, 0.2) is 5.65 Å². The molecular weight excluding hydrogens is 440 g/mol. The number of imidazole rings is 1. The van der Waals surface area contributed by atoms with Gasteiger partial charge in [-0.3, -0.25) is 13.9 Å². The molecule has 5 rings (SSSR count). The Balaban J connectivity index is 1.46. The predicted molar refractivity (Wildman–Crippen MR) is 127 cm³/mol. The van der Waals surface area contributed by atoms with E-state index in [0.717, 1.165) is 28.0 Å². The summed E-state index contributed by atoms with van der Waals surface area (Å²) in [7, 11) is 1.63. The first-order valence-electron chi connectivity index (χ1n) is 10.8. The van der Waals surface area contributed by atoms with Crippen molar-refractivity contribution < 1.29 is 9.53 Å². The van der Waals surface area contributed by atoms with Crippen LogP contribution in [-0.4, -0.2) is 32.0 Å². The van der Waals surface area contributed by atoms with Crippen LogP contribution in [0.2, 0.25) is 5.02 Å². The highest BCUT2D eigenvalue weighted by atomic mass is 35.5. The summed E-state index contributed by atoms with van der Waals surface area (Å²) in [4.78, 5) is 32.6. The Labute approximate surface area is 195 Å². The number of methoxy groups -OCH3 is 1. The van der Waals surface area contributed by atoms with Crippen molar-refractivity contribution in [2.45, 2.75) is 33.1 Å². The van der Waals surface area contributed by atoms with Gasteiger partial charge in [0.25, 0.3) is 0 Å². The average molecular weight is 463 g/mol. The van der Waals surface area contributed by atoms with Gasteiger partial charge in [0.05, 0.1) is 12.6 Å². The monoisotopic (exact) mass is 462 g/mol. The van der Waals surface area contributed by atoms with E-state index in [1.165, 1.54) is 4.57 Å². The van der Waals surface area contributed by atoms with Gasteiger partial charge in [-0.25, -0.2) is 9.78 Å². The lowest BCUT2D eigenvalue weighted by atomic mass is 10.1. The van der Waals surface area contributed by atoms with Gasteiger partial charge in [0.1, 0.15) is 12.3 Å². The summed E-state index contributed by atoms with van der Waals surface area (Å²) in [5.74, 6) is 0.646. The van der Waals surface area contributed by atoms with Crippen molar-refractivity contribution in [2.75, 3.05) is 7.11 Å². The average Bonchev–Trinajstić information content (AvgIpc) is 3.37. The molecule has 33 heavy (non-hydrogen) atoms. The number of carbonyl (C=O) groups excluding carboxylic acids is 1. The normalized spacial score (nSPS) is 12.9. The van der Waals surface area contributed by atoms with E-state index in [1.54, 1.807) is 22.8 Å². The summed E-state index contributed by atoms with van der Waals surface area (Å²) in [6, 6.07) is 15.3. The third-order valence-corrected chi connectivity index (χ3v) is 6.35. The highest BCUT2D eigenvalue weighted by Crippen LogP contribution is 2.28. The molecule has 1 aliphatic heterocycles. The van der Waals surface area contributed by atoms with Crippen LogP contribution in [0, 0.1) is 0 Å². The molecule has 3 heterocycles. The fourth-order valence-corrected chi connectivity index (χ4v) is 4.57. The number of ether oxygens (including phenoxy) is 1. The first-order valence-corrected chi connectivity index (χ1v) is 11.1. The van der Waals surface area contributed by atoms with Gasteiger partial charge in [0.2, 0.25) is 5.91 Å². The molecule has 2 aromatic carbocycles. The number of hydrogen-bond donors (Lipinski definition) is 0. The molecule has 7 nitrogen and oxygen atoms in total. The molecule has 0 bridgehead atoms. The van der Waals surface area contributed by atoms with Crippen LogP contribution in [0.3, 0.4) is 0 Å². The predicted octanol–water partition coefficient (Wildman–Crippen LogP) is 4.09. The summed E-state index contributed by atoms with van der Waals surface area (Å²) in [5, 5.41) is 0.632. The SMILES string of the molecule is CCn1c(=O)n(CC(=O)N2Cc3ccc(OC)cc3C2)c2ncc(-c3cccc(Cl)c3)cc21. The van der Waals surface area contributed by atoms with Gasteiger partial charge in [-0.2, -0.15) is 0 Å². The van der Waals surface area contributed by atoms with Crippen molar-refractivity contribution in [3.8, 4) is 16.9 Å². The van der Waals surface area contributed by atoms with Crippen molar-refractivity contribution in [3.05, 3.63) is 81.4 Å². The van der Waals surface area contributed by atoms with Gasteiger partial charge in [0, 0.05) is 36.4 Å². The summed E-state index contributed by atoms with van der Waals surface area (Å²) in [5.41, 5.74) is 4.89. The number of aromatic nitrogens is 3. The highest BCUT2D eigenvalue weighted by Gasteiger charge is 2.26. The number of halogens is 1. The fourth-order valence-electron chi connectivity index (χ4n) is 4.38. The number of aryl methyl sites for hydroxylation is 1. The summed E-state index contributed by atoms with van der Waals surface area (Å²) >= 11 is 6.14. The van der Waals surface area contributed by atoms with E-state index in [4.69, 9.17) is 16.3 Å². The number of pyridine rings is 1. The topological polar surface area (TPSA) is 69.4 Å². The smallest absolute Gasteiger partial charge is 0.330 e. The number of nitrogens with zero attached hydrogens (tertiary/aromatic N) is 4. The molecule has 0 atom stereocenters. The second kappa shape index (κ2) is 8.41. The molecule has 1 aliphatic rings. The first-order chi connectivity index (χ1) is 16.0. The Kier molecular flexibility index (Phi) is 5.42. The Morgan fingerprint density at radius 3 is 2.64 bits per heavy atom. The van der Waals surface area contributed by atoms with E-state index < -0.39 is 0 Å². The lowest BCUT2D eigenvalue weighted by Gasteiger charge is -2.15. The van der Waals surface area contributed by atoms with E-state index in [2.05, 4.69) is 4.98 Å². The van der Waals surface area contributed by atoms with E-state index in [0.29, 0.717) is 35.8 Å². The number of amides is 1. The van der Waals surface area contributed by atoms with Crippen LogP contribution in [0.5, 0.6) is 5.75 Å². The van der Waals surface area contributed by atoms with Crippen molar-refractivity contribution in [1.29, 1.82) is 0 Å². The lowest BCUT2D eigenvalue weighted by molar-refractivity contribution is -0.132. The Morgan fingerprint density at radius 1 is 1.06 bits per heavy atom. The quantitative estimate of drug-likeness (QED) is 0.448. The third kappa shape index (κ3) is 3.78. The molecule has 0 aliphatic carbocycles. The van der Waals surface area contributed by atoms with Crippen molar-refractivity contribution in [2.24, 2.45) is 0 Å². The maximum absolute atomic E-state index is 13.2. The van der Waals surface area contributed by atoms with Crippen LogP contribution >= 0.6 is 11.6 Å². The minimum absolute atomic E-state index is 0.0586. The van der Waals surface area contributed by atoms with Crippen LogP contribution in [0.15, 0.2) is 59.5 Å². The van der Waals surface area contributed by atoms with Crippen LogP contribution in [0.4, 0.5) is 0 Å². The maximum atomic E-state index is 13.2. The third-order valence-electron chi connectivity index (χ3n) is 6.11. The Hall–Kier alpha value is -3.58. The zero-order valence-corrected chi connectivity index (χ0v) is 19.2. The van der Waals surface area contributed by atoms with Crippen molar-refractivity contribution in [3.63, 3.8) is 0 Å². The molecule has 0 fully saturated rings. The van der Waals surface area contributed by atoms with E-state index in [-0.39, 0.29) is 18.1 Å². The molecule has 0 saturated heterocycles. The molecule has 0 radical (unpaired) electrons. The van der Waals surface area contributed by atoms with E-state index in [9.17, 15) is 9.59 Å². The second-order valence-corrected chi connectivity index (χ2v) is 8.51. The van der Waals surface area contributed by atoms with Gasteiger partial charge in [-0.05, 0) is 53.9 Å². The molecule has 0 unspecified atom stereocenters. The Bertz CT molecular complexity index is 1440. The van der Waals surface area contributed by atoms with Gasteiger partial charge < -0.3 is 9.64 Å². The molecule has 168 valence electrons. The summed E-state index contributed by atoms with van der Waals surface area (Å²) in [6.45, 7) is 3.34. The minimum atomic E-state index is -0.241. The van der Waals surface area contributed by atoms with Crippen LogP contribution in [0.25, 0.3) is 22.3 Å². The molecule has 2 aromatic heterocycles. The van der Waals surface area contributed by atoms with Crippen molar-refractivity contribution in [1.82, 2.24) is 19.0 Å². The number of hydrogen-bond acceptors (Lipinski definition) is 4. The fraction of sp³-hybridized carbons (Fsp3) is 0.240. The maximum Gasteiger partial charge on any atom is 0.330 e. The number of carbonyl (C=O) groups is 1. The highest BCUT2D eigenvalue weighted by molar-refractivity contribution is 6.30. The standard InChI is InChI=1S/C25H23ClN4O3/c1-3-29-22-11-18(16-5-4-6-20(26)9-16)12-27-24(22)30(25(29)32)15-23(31)28-13-17-7-8-21(33-2)10-19(17)14-28/h4-12H,3,13-15H2,1-2H3. The molecule has 0 spiro atoms. The molecule has 0 N–H and O–H groups in total. The summed E-state index contributed by atoms with van der Waals surface area (Å²) in [6.07, 6.45) is 1.71. The Morgan fingerprint density at radius 2 is 1.88 bits per heavy atom. The van der Waals surface area contributed by atoms with E-state index in [1.807, 2.05) is 55.5 Å². The van der Waals surface area contributed by atoms with Crippen LogP contribution in [-0.2, 0) is 31.0 Å².